The molecule has 0 unspecified atom stereocenters. The molecule has 3 aromatic rings. The molecule has 1 aliphatic heterocycles. The van der Waals surface area contributed by atoms with E-state index in [4.69, 9.17) is 4.74 Å². The number of morpholine rings is 1. The van der Waals surface area contributed by atoms with Gasteiger partial charge in [-0.2, -0.15) is 0 Å². The molecular formula is C24H23N3O5. The van der Waals surface area contributed by atoms with Crippen molar-refractivity contribution in [2.75, 3.05) is 31.6 Å². The highest BCUT2D eigenvalue weighted by atomic mass is 16.5. The first-order valence-electron chi connectivity index (χ1n) is 10.3. The standard InChI is InChI=1S/C24H23N3O5/c1-16(28)17-5-4-6-18(13-17)25-24(31)23(30)20-14-27(21-8-3-2-7-19(20)21)15-22(29)26-9-11-32-12-10-26/h2-8,13-14H,9-12,15H2,1H3,(H,25,31). The third-order valence-corrected chi connectivity index (χ3v) is 5.44. The van der Waals surface area contributed by atoms with Gasteiger partial charge in [-0.25, -0.2) is 0 Å². The van der Waals surface area contributed by atoms with E-state index in [1.165, 1.54) is 13.0 Å². The average Bonchev–Trinajstić information content (AvgIpc) is 3.17. The highest BCUT2D eigenvalue weighted by Gasteiger charge is 2.24. The quantitative estimate of drug-likeness (QED) is 0.476. The Morgan fingerprint density at radius 1 is 1.00 bits per heavy atom. The summed E-state index contributed by atoms with van der Waals surface area (Å²) < 4.78 is 6.99. The smallest absolute Gasteiger partial charge is 0.296 e. The van der Waals surface area contributed by atoms with Gasteiger partial charge in [0.1, 0.15) is 6.54 Å². The summed E-state index contributed by atoms with van der Waals surface area (Å²) in [5, 5.41) is 3.16. The number of carbonyl (C=O) groups is 4. The van der Waals surface area contributed by atoms with Crippen molar-refractivity contribution in [1.29, 1.82) is 0 Å². The lowest BCUT2D eigenvalue weighted by Crippen LogP contribution is -2.42. The van der Waals surface area contributed by atoms with Gasteiger partial charge >= 0.3 is 0 Å². The van der Waals surface area contributed by atoms with Gasteiger partial charge in [0.2, 0.25) is 5.91 Å². The van der Waals surface area contributed by atoms with Gasteiger partial charge in [-0.15, -0.1) is 0 Å². The average molecular weight is 433 g/mol. The first-order chi connectivity index (χ1) is 15.4. The number of Topliss-reactive ketones (excluding diaryl/α,β-unsaturated/α-hetero) is 2. The van der Waals surface area contributed by atoms with Crippen LogP contribution in [0.25, 0.3) is 10.9 Å². The number of fused-ring (bicyclic) bond motifs is 1. The molecule has 8 heteroatoms. The van der Waals surface area contributed by atoms with Gasteiger partial charge in [-0.3, -0.25) is 19.2 Å². The first-order valence-corrected chi connectivity index (χ1v) is 10.3. The van der Waals surface area contributed by atoms with E-state index in [9.17, 15) is 19.2 Å². The zero-order valence-corrected chi connectivity index (χ0v) is 17.7. The molecule has 1 saturated heterocycles. The Hall–Kier alpha value is -3.78. The van der Waals surface area contributed by atoms with Gasteiger partial charge in [-0.05, 0) is 25.1 Å². The number of para-hydroxylation sites is 1. The molecule has 0 aliphatic carbocycles. The van der Waals surface area contributed by atoms with Gasteiger partial charge in [0.15, 0.2) is 5.78 Å². The van der Waals surface area contributed by atoms with Crippen LogP contribution in [0.2, 0.25) is 0 Å². The molecule has 1 N–H and O–H groups in total. The van der Waals surface area contributed by atoms with Crippen molar-refractivity contribution in [1.82, 2.24) is 9.47 Å². The summed E-state index contributed by atoms with van der Waals surface area (Å²) in [5.74, 6) is -1.74. The van der Waals surface area contributed by atoms with Gasteiger partial charge < -0.3 is 19.5 Å². The number of anilines is 1. The number of carbonyl (C=O) groups excluding carboxylic acids is 4. The normalized spacial score (nSPS) is 13.7. The Morgan fingerprint density at radius 3 is 2.50 bits per heavy atom. The fourth-order valence-electron chi connectivity index (χ4n) is 3.74. The molecule has 2 aromatic carbocycles. The SMILES string of the molecule is CC(=O)c1cccc(NC(=O)C(=O)c2cn(CC(=O)N3CCOCC3)c3ccccc23)c1. The van der Waals surface area contributed by atoms with Crippen LogP contribution in [0.3, 0.4) is 0 Å². The Labute approximate surface area is 184 Å². The minimum absolute atomic E-state index is 0.0655. The van der Waals surface area contributed by atoms with Crippen molar-refractivity contribution in [2.45, 2.75) is 13.5 Å². The van der Waals surface area contributed by atoms with Crippen molar-refractivity contribution in [3.63, 3.8) is 0 Å². The van der Waals surface area contributed by atoms with Crippen LogP contribution in [0.1, 0.15) is 27.6 Å². The lowest BCUT2D eigenvalue weighted by atomic mass is 10.1. The predicted molar refractivity (Wildman–Crippen MR) is 119 cm³/mol. The minimum Gasteiger partial charge on any atom is -0.378 e. The predicted octanol–water partition coefficient (Wildman–Crippen LogP) is 2.52. The molecule has 4 rings (SSSR count). The molecule has 2 amide bonds. The van der Waals surface area contributed by atoms with Crippen LogP contribution >= 0.6 is 0 Å². The van der Waals surface area contributed by atoms with Crippen LogP contribution in [0, 0.1) is 0 Å². The van der Waals surface area contributed by atoms with E-state index in [1.54, 1.807) is 46.0 Å². The van der Waals surface area contributed by atoms with Crippen molar-refractivity contribution in [3.05, 3.63) is 65.9 Å². The number of ketones is 2. The number of ether oxygens (including phenoxy) is 1. The fourth-order valence-corrected chi connectivity index (χ4v) is 3.74. The summed E-state index contributed by atoms with van der Waals surface area (Å²) in [6, 6.07) is 13.6. The fraction of sp³-hybridized carbons (Fsp3) is 0.250. The third kappa shape index (κ3) is 4.45. The Morgan fingerprint density at radius 2 is 1.75 bits per heavy atom. The zero-order valence-electron chi connectivity index (χ0n) is 17.7. The summed E-state index contributed by atoms with van der Waals surface area (Å²) in [6.07, 6.45) is 1.55. The maximum Gasteiger partial charge on any atom is 0.296 e. The minimum atomic E-state index is -0.812. The molecule has 0 atom stereocenters. The Kier molecular flexibility index (Phi) is 6.13. The molecule has 0 spiro atoms. The first kappa shape index (κ1) is 21.5. The van der Waals surface area contributed by atoms with Crippen molar-refractivity contribution in [2.24, 2.45) is 0 Å². The molecule has 0 saturated carbocycles. The highest BCUT2D eigenvalue weighted by molar-refractivity contribution is 6.48. The van der Waals surface area contributed by atoms with E-state index < -0.39 is 11.7 Å². The van der Waals surface area contributed by atoms with Crippen LogP contribution in [0.5, 0.6) is 0 Å². The number of nitrogens with one attached hydrogen (secondary N) is 1. The molecule has 0 bridgehead atoms. The van der Waals surface area contributed by atoms with Crippen molar-refractivity contribution >= 4 is 40.0 Å². The van der Waals surface area contributed by atoms with Crippen molar-refractivity contribution in [3.8, 4) is 0 Å². The molecule has 2 heterocycles. The molecule has 8 nitrogen and oxygen atoms in total. The number of rotatable bonds is 6. The number of benzene rings is 2. The van der Waals surface area contributed by atoms with E-state index >= 15 is 0 Å². The van der Waals surface area contributed by atoms with Crippen molar-refractivity contribution < 1.29 is 23.9 Å². The van der Waals surface area contributed by atoms with Crippen LogP contribution in [-0.4, -0.2) is 59.2 Å². The van der Waals surface area contributed by atoms with Crippen LogP contribution in [0.15, 0.2) is 54.7 Å². The lowest BCUT2D eigenvalue weighted by molar-refractivity contribution is -0.135. The van der Waals surface area contributed by atoms with E-state index in [1.807, 2.05) is 12.1 Å². The van der Waals surface area contributed by atoms with E-state index in [-0.39, 0.29) is 23.8 Å². The molecule has 0 radical (unpaired) electrons. The van der Waals surface area contributed by atoms with Crippen LogP contribution < -0.4 is 5.32 Å². The Balaban J connectivity index is 1.57. The Bertz CT molecular complexity index is 1210. The van der Waals surface area contributed by atoms with Crippen LogP contribution in [-0.2, 0) is 20.9 Å². The summed E-state index contributed by atoms with van der Waals surface area (Å²) in [5.41, 5.74) is 1.72. The summed E-state index contributed by atoms with van der Waals surface area (Å²) >= 11 is 0. The summed E-state index contributed by atoms with van der Waals surface area (Å²) in [7, 11) is 0. The molecular weight excluding hydrogens is 410 g/mol. The summed E-state index contributed by atoms with van der Waals surface area (Å²) in [6.45, 7) is 3.58. The number of hydrogen-bond donors (Lipinski definition) is 1. The molecule has 32 heavy (non-hydrogen) atoms. The van der Waals surface area contributed by atoms with E-state index in [0.29, 0.717) is 48.5 Å². The second-order valence-electron chi connectivity index (χ2n) is 7.60. The topological polar surface area (TPSA) is 97.7 Å². The highest BCUT2D eigenvalue weighted by Crippen LogP contribution is 2.23. The van der Waals surface area contributed by atoms with Gasteiger partial charge in [0.05, 0.1) is 18.8 Å². The number of nitrogens with zero attached hydrogens (tertiary/aromatic N) is 2. The number of amides is 2. The zero-order chi connectivity index (χ0) is 22.7. The summed E-state index contributed by atoms with van der Waals surface area (Å²) in [4.78, 5) is 51.7. The largest absolute Gasteiger partial charge is 0.378 e. The van der Waals surface area contributed by atoms with Gasteiger partial charge in [0, 0.05) is 41.4 Å². The van der Waals surface area contributed by atoms with Gasteiger partial charge in [0.25, 0.3) is 11.7 Å². The van der Waals surface area contributed by atoms with E-state index in [2.05, 4.69) is 5.32 Å². The number of aromatic nitrogens is 1. The second-order valence-corrected chi connectivity index (χ2v) is 7.60. The molecule has 1 fully saturated rings. The molecule has 1 aromatic heterocycles. The maximum atomic E-state index is 13.0. The maximum absolute atomic E-state index is 13.0. The second kappa shape index (κ2) is 9.15. The third-order valence-electron chi connectivity index (χ3n) is 5.44. The lowest BCUT2D eigenvalue weighted by Gasteiger charge is -2.27. The van der Waals surface area contributed by atoms with Crippen LogP contribution in [0.4, 0.5) is 5.69 Å². The number of hydrogen-bond acceptors (Lipinski definition) is 5. The van der Waals surface area contributed by atoms with E-state index in [0.717, 1.165) is 0 Å². The molecule has 1 aliphatic rings. The monoisotopic (exact) mass is 433 g/mol. The molecule has 164 valence electrons. The van der Waals surface area contributed by atoms with Gasteiger partial charge in [-0.1, -0.05) is 30.3 Å².